The molecule has 0 aromatic heterocycles. The zero-order valence-electron chi connectivity index (χ0n) is 7.51. The lowest BCUT2D eigenvalue weighted by atomic mass is 10.4. The average molecular weight is 203 g/mol. The number of amides is 2. The van der Waals surface area contributed by atoms with Crippen LogP contribution in [0.2, 0.25) is 0 Å². The van der Waals surface area contributed by atoms with Crippen LogP contribution in [0.3, 0.4) is 0 Å². The smallest absolute Gasteiger partial charge is 0.245 e. The first-order chi connectivity index (χ1) is 6.77. The maximum absolute atomic E-state index is 11.2. The molecule has 0 atom stereocenters. The first kappa shape index (κ1) is 8.90. The van der Waals surface area contributed by atoms with E-state index >= 15 is 0 Å². The monoisotopic (exact) mass is 203 g/mol. The number of hydrogen-bond acceptors (Lipinski definition) is 2. The van der Waals surface area contributed by atoms with Gasteiger partial charge in [0.25, 0.3) is 0 Å². The maximum atomic E-state index is 11.2. The second kappa shape index (κ2) is 3.59. The Morgan fingerprint density at radius 3 is 2.07 bits per heavy atom. The number of benzene rings is 1. The third-order valence-corrected chi connectivity index (χ3v) is 3.86. The van der Waals surface area contributed by atoms with Crippen LogP contribution in [-0.2, 0) is 9.59 Å². The highest BCUT2D eigenvalue weighted by Gasteiger charge is 2.22. The Hall–Kier alpha value is -1.68. The molecule has 2 amide bonds. The summed E-state index contributed by atoms with van der Waals surface area (Å²) in [6, 6.07) is 9.65. The highest BCUT2D eigenvalue weighted by Crippen LogP contribution is 2.00. The van der Waals surface area contributed by atoms with Crippen LogP contribution in [0.5, 0.6) is 0 Å². The minimum atomic E-state index is -0.958. The number of hydrogen-bond donors (Lipinski definition) is 0. The summed E-state index contributed by atoms with van der Waals surface area (Å²) in [6.45, 7) is 0. The van der Waals surface area contributed by atoms with Crippen LogP contribution in [0.25, 0.3) is 0 Å². The van der Waals surface area contributed by atoms with Crippen LogP contribution in [0.15, 0.2) is 42.5 Å². The molecular formula is C10H9NO2Si. The van der Waals surface area contributed by atoms with Gasteiger partial charge in [-0.3, -0.25) is 9.59 Å². The molecule has 1 aliphatic rings. The zero-order chi connectivity index (χ0) is 9.97. The van der Waals surface area contributed by atoms with Crippen LogP contribution in [0.1, 0.15) is 0 Å². The molecule has 0 N–H and O–H groups in total. The van der Waals surface area contributed by atoms with Gasteiger partial charge in [0.05, 0.1) is 0 Å². The van der Waals surface area contributed by atoms with E-state index in [2.05, 4.69) is 0 Å². The van der Waals surface area contributed by atoms with Gasteiger partial charge in [-0.05, 0) is 5.19 Å². The quantitative estimate of drug-likeness (QED) is 0.472. The Labute approximate surface area is 83.9 Å². The summed E-state index contributed by atoms with van der Waals surface area (Å²) in [5.41, 5.74) is 0. The van der Waals surface area contributed by atoms with Crippen LogP contribution >= 0.6 is 0 Å². The van der Waals surface area contributed by atoms with Crippen molar-refractivity contribution in [1.82, 2.24) is 4.57 Å². The van der Waals surface area contributed by atoms with E-state index < -0.39 is 9.68 Å². The van der Waals surface area contributed by atoms with Gasteiger partial charge in [0.1, 0.15) is 0 Å². The van der Waals surface area contributed by atoms with Gasteiger partial charge in [-0.2, -0.15) is 0 Å². The Morgan fingerprint density at radius 2 is 1.50 bits per heavy atom. The van der Waals surface area contributed by atoms with E-state index in [-0.39, 0.29) is 11.8 Å². The average Bonchev–Trinajstić information content (AvgIpc) is 2.51. The molecule has 1 aromatic carbocycles. The molecule has 1 heterocycles. The van der Waals surface area contributed by atoms with Crippen molar-refractivity contribution in [2.75, 3.05) is 0 Å². The minimum Gasteiger partial charge on any atom is -0.306 e. The molecule has 70 valence electrons. The van der Waals surface area contributed by atoms with E-state index in [4.69, 9.17) is 0 Å². The number of carbonyl (C=O) groups excluding carboxylic acids is 2. The Bertz CT molecular complexity index is 382. The molecule has 3 nitrogen and oxygen atoms in total. The molecular weight excluding hydrogens is 194 g/mol. The molecule has 14 heavy (non-hydrogen) atoms. The van der Waals surface area contributed by atoms with Gasteiger partial charge >= 0.3 is 0 Å². The Morgan fingerprint density at radius 1 is 0.929 bits per heavy atom. The Balaban J connectivity index is 2.13. The fourth-order valence-corrected chi connectivity index (χ4v) is 2.72. The molecule has 0 aliphatic carbocycles. The maximum Gasteiger partial charge on any atom is 0.245 e. The lowest BCUT2D eigenvalue weighted by molar-refractivity contribution is -0.131. The summed E-state index contributed by atoms with van der Waals surface area (Å²) >= 11 is 0. The SMILES string of the molecule is O=C1C=CC(=O)N1[SiH2]c1ccccc1. The highest BCUT2D eigenvalue weighted by molar-refractivity contribution is 6.58. The largest absolute Gasteiger partial charge is 0.306 e. The predicted octanol–water partition coefficient (Wildman–Crippen LogP) is -0.679. The van der Waals surface area contributed by atoms with Crippen LogP contribution in [0.4, 0.5) is 0 Å². The van der Waals surface area contributed by atoms with Gasteiger partial charge in [0.2, 0.25) is 11.8 Å². The van der Waals surface area contributed by atoms with Gasteiger partial charge in [-0.1, -0.05) is 30.3 Å². The topological polar surface area (TPSA) is 37.4 Å². The summed E-state index contributed by atoms with van der Waals surface area (Å²) in [5.74, 6) is -0.351. The van der Waals surface area contributed by atoms with E-state index in [9.17, 15) is 9.59 Å². The van der Waals surface area contributed by atoms with Crippen molar-refractivity contribution in [3.05, 3.63) is 42.5 Å². The third-order valence-electron chi connectivity index (χ3n) is 2.08. The molecule has 0 radical (unpaired) electrons. The predicted molar refractivity (Wildman–Crippen MR) is 55.6 cm³/mol. The van der Waals surface area contributed by atoms with Gasteiger partial charge in [-0.15, -0.1) is 0 Å². The summed E-state index contributed by atoms with van der Waals surface area (Å²) < 4.78 is 1.36. The van der Waals surface area contributed by atoms with Crippen LogP contribution in [0, 0.1) is 0 Å². The number of rotatable bonds is 2. The third kappa shape index (κ3) is 1.65. The summed E-state index contributed by atoms with van der Waals surface area (Å²) in [6.07, 6.45) is 2.66. The number of nitrogens with zero attached hydrogens (tertiary/aromatic N) is 1. The van der Waals surface area contributed by atoms with E-state index in [0.717, 1.165) is 5.19 Å². The van der Waals surface area contributed by atoms with Crippen LogP contribution < -0.4 is 5.19 Å². The lowest BCUT2D eigenvalue weighted by Crippen LogP contribution is -2.40. The fraction of sp³-hybridized carbons (Fsp3) is 0. The summed E-state index contributed by atoms with van der Waals surface area (Å²) in [5, 5.41) is 1.10. The number of carbonyl (C=O) groups is 2. The minimum absolute atomic E-state index is 0.175. The van der Waals surface area contributed by atoms with E-state index in [1.165, 1.54) is 16.7 Å². The van der Waals surface area contributed by atoms with E-state index in [1.807, 2.05) is 30.3 Å². The molecule has 0 unspecified atom stereocenters. The van der Waals surface area contributed by atoms with Gasteiger partial charge in [0, 0.05) is 12.2 Å². The van der Waals surface area contributed by atoms with Crippen LogP contribution in [-0.4, -0.2) is 26.1 Å². The summed E-state index contributed by atoms with van der Waals surface area (Å²) in [7, 11) is -0.958. The van der Waals surface area contributed by atoms with Crippen molar-refractivity contribution in [1.29, 1.82) is 0 Å². The Kier molecular flexibility index (Phi) is 2.28. The molecule has 0 spiro atoms. The standard InChI is InChI=1S/C10H9NO2Si/c12-9-6-7-10(13)11(9)14-8-4-2-1-3-5-8/h1-7H,14H2. The molecule has 0 fully saturated rings. The second-order valence-corrected chi connectivity index (χ2v) is 4.85. The van der Waals surface area contributed by atoms with E-state index in [1.54, 1.807) is 0 Å². The molecule has 4 heteroatoms. The summed E-state index contributed by atoms with van der Waals surface area (Å²) in [4.78, 5) is 22.5. The molecule has 0 bridgehead atoms. The van der Waals surface area contributed by atoms with Crippen molar-refractivity contribution in [2.45, 2.75) is 0 Å². The zero-order valence-corrected chi connectivity index (χ0v) is 8.93. The highest BCUT2D eigenvalue weighted by atomic mass is 28.2. The first-order valence-electron chi connectivity index (χ1n) is 4.35. The van der Waals surface area contributed by atoms with Crippen molar-refractivity contribution in [2.24, 2.45) is 0 Å². The van der Waals surface area contributed by atoms with Gasteiger partial charge < -0.3 is 4.57 Å². The normalized spacial score (nSPS) is 16.1. The van der Waals surface area contributed by atoms with Crippen molar-refractivity contribution in [3.8, 4) is 0 Å². The molecule has 2 rings (SSSR count). The molecule has 0 saturated heterocycles. The lowest BCUT2D eigenvalue weighted by Gasteiger charge is -2.12. The number of imide groups is 1. The van der Waals surface area contributed by atoms with E-state index in [0.29, 0.717) is 0 Å². The van der Waals surface area contributed by atoms with Gasteiger partial charge in [-0.25, -0.2) is 0 Å². The molecule has 0 saturated carbocycles. The first-order valence-corrected chi connectivity index (χ1v) is 5.69. The van der Waals surface area contributed by atoms with Crippen molar-refractivity contribution >= 4 is 26.7 Å². The van der Waals surface area contributed by atoms with Crippen molar-refractivity contribution < 1.29 is 9.59 Å². The fourth-order valence-electron chi connectivity index (χ4n) is 1.35. The molecule has 1 aromatic rings. The van der Waals surface area contributed by atoms with Gasteiger partial charge in [0.15, 0.2) is 9.68 Å². The molecule has 1 aliphatic heterocycles. The second-order valence-electron chi connectivity index (χ2n) is 3.08. The van der Waals surface area contributed by atoms with Crippen molar-refractivity contribution in [3.63, 3.8) is 0 Å².